The first-order chi connectivity index (χ1) is 6.85. The van der Waals surface area contributed by atoms with Crippen LogP contribution in [-0.4, -0.2) is 34.0 Å². The lowest BCUT2D eigenvalue weighted by Gasteiger charge is -2.00. The van der Waals surface area contributed by atoms with E-state index < -0.39 is 0 Å². The van der Waals surface area contributed by atoms with Crippen LogP contribution in [0.25, 0.3) is 5.65 Å². The molecule has 2 aromatic rings. The highest BCUT2D eigenvalue weighted by atomic mass is 16.5. The lowest BCUT2D eigenvalue weighted by Crippen LogP contribution is -2.10. The number of aromatic nitrogens is 4. The Morgan fingerprint density at radius 2 is 2.29 bits per heavy atom. The van der Waals surface area contributed by atoms with E-state index in [1.807, 2.05) is 13.1 Å². The average Bonchev–Trinajstić information content (AvgIpc) is 2.61. The van der Waals surface area contributed by atoms with E-state index in [0.29, 0.717) is 12.4 Å². The minimum absolute atomic E-state index is 0.551. The molecule has 2 rings (SSSR count). The average molecular weight is 193 g/mol. The number of hydrogen-bond acceptors (Lipinski definition) is 5. The molecule has 0 fully saturated rings. The highest BCUT2D eigenvalue weighted by Crippen LogP contribution is 2.07. The fourth-order valence-electron chi connectivity index (χ4n) is 1.19. The maximum absolute atomic E-state index is 5.02. The quantitative estimate of drug-likeness (QED) is 0.734. The van der Waals surface area contributed by atoms with Gasteiger partial charge in [-0.2, -0.15) is 4.52 Å². The molecule has 0 aromatic carbocycles. The smallest absolute Gasteiger partial charge is 0.231 e. The Morgan fingerprint density at radius 3 is 3.00 bits per heavy atom. The van der Waals surface area contributed by atoms with Crippen molar-refractivity contribution in [3.05, 3.63) is 18.0 Å². The topological polar surface area (TPSA) is 64.3 Å². The highest BCUT2D eigenvalue weighted by molar-refractivity contribution is 5.37. The van der Waals surface area contributed by atoms with Gasteiger partial charge in [-0.15, -0.1) is 15.3 Å². The third-order valence-corrected chi connectivity index (χ3v) is 1.85. The summed E-state index contributed by atoms with van der Waals surface area (Å²) in [5, 5.41) is 15.2. The van der Waals surface area contributed by atoms with Gasteiger partial charge in [-0.05, 0) is 13.1 Å². The molecule has 0 aliphatic carbocycles. The first-order valence-corrected chi connectivity index (χ1v) is 4.25. The summed E-state index contributed by atoms with van der Waals surface area (Å²) >= 11 is 0. The molecule has 1 N–H and O–H groups in total. The molecule has 6 heteroatoms. The number of hydrogen-bond donors (Lipinski definition) is 1. The molecule has 0 saturated heterocycles. The van der Waals surface area contributed by atoms with Crippen LogP contribution < -0.4 is 10.1 Å². The van der Waals surface area contributed by atoms with E-state index in [1.54, 1.807) is 17.7 Å². The summed E-state index contributed by atoms with van der Waals surface area (Å²) in [5.41, 5.74) is 0.719. The van der Waals surface area contributed by atoms with E-state index in [2.05, 4.69) is 20.6 Å². The number of methoxy groups -OCH3 is 1. The van der Waals surface area contributed by atoms with E-state index in [4.69, 9.17) is 4.74 Å². The van der Waals surface area contributed by atoms with Crippen molar-refractivity contribution in [1.82, 2.24) is 25.1 Å². The fourth-order valence-corrected chi connectivity index (χ4v) is 1.19. The van der Waals surface area contributed by atoms with Crippen LogP contribution in [0.2, 0.25) is 0 Å². The zero-order valence-electron chi connectivity index (χ0n) is 8.06. The van der Waals surface area contributed by atoms with Gasteiger partial charge in [0.2, 0.25) is 5.88 Å². The molecule has 0 aliphatic rings. The number of nitrogens with one attached hydrogen (secondary N) is 1. The fraction of sp³-hybridized carbons (Fsp3) is 0.375. The molecule has 2 heterocycles. The number of rotatable bonds is 3. The zero-order chi connectivity index (χ0) is 9.97. The molecule has 0 radical (unpaired) electrons. The second kappa shape index (κ2) is 3.59. The van der Waals surface area contributed by atoms with Gasteiger partial charge < -0.3 is 10.1 Å². The van der Waals surface area contributed by atoms with E-state index in [9.17, 15) is 0 Å². The summed E-state index contributed by atoms with van der Waals surface area (Å²) in [5.74, 6) is 1.32. The third-order valence-electron chi connectivity index (χ3n) is 1.85. The Labute approximate surface area is 80.9 Å². The van der Waals surface area contributed by atoms with Gasteiger partial charge in [0.15, 0.2) is 11.5 Å². The maximum Gasteiger partial charge on any atom is 0.231 e. The van der Waals surface area contributed by atoms with Gasteiger partial charge in [-0.3, -0.25) is 0 Å². The molecule has 0 unspecified atom stereocenters. The molecule has 0 atom stereocenters. The molecule has 6 nitrogen and oxygen atoms in total. The van der Waals surface area contributed by atoms with Crippen molar-refractivity contribution >= 4 is 5.65 Å². The lowest BCUT2D eigenvalue weighted by molar-refractivity contribution is 0.389. The molecule has 0 aliphatic heterocycles. The highest BCUT2D eigenvalue weighted by Gasteiger charge is 2.05. The van der Waals surface area contributed by atoms with Gasteiger partial charge in [-0.1, -0.05) is 0 Å². The van der Waals surface area contributed by atoms with Crippen LogP contribution in [-0.2, 0) is 6.54 Å². The van der Waals surface area contributed by atoms with E-state index in [1.165, 1.54) is 0 Å². The van der Waals surface area contributed by atoms with Crippen molar-refractivity contribution in [1.29, 1.82) is 0 Å². The first-order valence-electron chi connectivity index (χ1n) is 4.25. The number of ether oxygens (including phenoxy) is 1. The molecular weight excluding hydrogens is 182 g/mol. The van der Waals surface area contributed by atoms with Gasteiger partial charge in [0.05, 0.1) is 13.7 Å². The predicted octanol–water partition coefficient (Wildman–Crippen LogP) is -0.148. The summed E-state index contributed by atoms with van der Waals surface area (Å²) in [4.78, 5) is 0. The van der Waals surface area contributed by atoms with Crippen molar-refractivity contribution in [2.24, 2.45) is 0 Å². The molecular formula is C8H11N5O. The monoisotopic (exact) mass is 193 g/mol. The summed E-state index contributed by atoms with van der Waals surface area (Å²) < 4.78 is 6.68. The summed E-state index contributed by atoms with van der Waals surface area (Å²) in [6.45, 7) is 0.626. The van der Waals surface area contributed by atoms with Crippen LogP contribution in [0.3, 0.4) is 0 Å². The molecule has 0 saturated carbocycles. The maximum atomic E-state index is 5.02. The predicted molar refractivity (Wildman–Crippen MR) is 50.1 cm³/mol. The van der Waals surface area contributed by atoms with Gasteiger partial charge >= 0.3 is 0 Å². The first kappa shape index (κ1) is 8.89. The van der Waals surface area contributed by atoms with Crippen LogP contribution in [0, 0.1) is 0 Å². The van der Waals surface area contributed by atoms with Gasteiger partial charge in [0.1, 0.15) is 0 Å². The Balaban J connectivity index is 2.52. The van der Waals surface area contributed by atoms with Crippen molar-refractivity contribution in [3.63, 3.8) is 0 Å². The zero-order valence-corrected chi connectivity index (χ0v) is 8.06. The second-order valence-corrected chi connectivity index (χ2v) is 2.79. The van der Waals surface area contributed by atoms with Crippen LogP contribution >= 0.6 is 0 Å². The molecule has 2 aromatic heterocycles. The summed E-state index contributed by atoms with van der Waals surface area (Å²) in [7, 11) is 3.43. The van der Waals surface area contributed by atoms with Crippen LogP contribution in [0.4, 0.5) is 0 Å². The third kappa shape index (κ3) is 1.39. The van der Waals surface area contributed by atoms with Crippen molar-refractivity contribution < 1.29 is 4.74 Å². The Hall–Kier alpha value is -1.69. The lowest BCUT2D eigenvalue weighted by atomic mass is 10.5. The number of nitrogens with zero attached hydrogens (tertiary/aromatic N) is 4. The largest absolute Gasteiger partial charge is 0.480 e. The van der Waals surface area contributed by atoms with E-state index in [0.717, 1.165) is 11.5 Å². The molecule has 0 bridgehead atoms. The summed E-state index contributed by atoms with van der Waals surface area (Å²) in [6.07, 6.45) is 0. The normalized spacial score (nSPS) is 10.7. The Kier molecular flexibility index (Phi) is 2.28. The van der Waals surface area contributed by atoms with Gasteiger partial charge in [-0.25, -0.2) is 0 Å². The van der Waals surface area contributed by atoms with Gasteiger partial charge in [0, 0.05) is 6.07 Å². The van der Waals surface area contributed by atoms with E-state index in [-0.39, 0.29) is 0 Å². The molecule has 74 valence electrons. The van der Waals surface area contributed by atoms with Crippen molar-refractivity contribution in [3.8, 4) is 5.88 Å². The molecule has 14 heavy (non-hydrogen) atoms. The van der Waals surface area contributed by atoms with Crippen molar-refractivity contribution in [2.45, 2.75) is 6.54 Å². The minimum Gasteiger partial charge on any atom is -0.480 e. The van der Waals surface area contributed by atoms with Crippen LogP contribution in [0.1, 0.15) is 5.82 Å². The van der Waals surface area contributed by atoms with Crippen LogP contribution in [0.5, 0.6) is 5.88 Å². The molecule has 0 amide bonds. The van der Waals surface area contributed by atoms with Crippen LogP contribution in [0.15, 0.2) is 12.1 Å². The Bertz CT molecular complexity index is 438. The second-order valence-electron chi connectivity index (χ2n) is 2.79. The molecule has 0 spiro atoms. The minimum atomic E-state index is 0.551. The van der Waals surface area contributed by atoms with Crippen molar-refractivity contribution in [2.75, 3.05) is 14.2 Å². The Morgan fingerprint density at radius 1 is 1.43 bits per heavy atom. The van der Waals surface area contributed by atoms with Gasteiger partial charge in [0.25, 0.3) is 0 Å². The number of fused-ring (bicyclic) bond motifs is 1. The standard InChI is InChI=1S/C8H11N5O/c1-9-5-7-11-10-6-3-4-8(14-2)12-13(6)7/h3-4,9H,5H2,1-2H3. The summed E-state index contributed by atoms with van der Waals surface area (Å²) in [6, 6.07) is 3.57. The van der Waals surface area contributed by atoms with E-state index >= 15 is 0 Å². The SMILES string of the molecule is CNCc1nnc2ccc(OC)nn12.